The van der Waals surface area contributed by atoms with Gasteiger partial charge in [-0.15, -0.1) is 0 Å². The van der Waals surface area contributed by atoms with E-state index in [4.69, 9.17) is 4.74 Å². The van der Waals surface area contributed by atoms with E-state index in [-0.39, 0.29) is 5.91 Å². The largest absolute Gasteiger partial charge is 0.487 e. The molecule has 0 fully saturated rings. The molecule has 1 aromatic carbocycles. The number of carbonyl (C=O) groups is 1. The van der Waals surface area contributed by atoms with Gasteiger partial charge in [-0.2, -0.15) is 9.61 Å². The molecule has 3 heterocycles. The van der Waals surface area contributed by atoms with Gasteiger partial charge >= 0.3 is 0 Å². The number of anilines is 5. The summed E-state index contributed by atoms with van der Waals surface area (Å²) in [5.41, 5.74) is 2.99. The minimum absolute atomic E-state index is 0.0883. The van der Waals surface area contributed by atoms with Gasteiger partial charge in [-0.25, -0.2) is 4.98 Å². The second-order valence-electron chi connectivity index (χ2n) is 6.52. The number of nitrogens with one attached hydrogen (secondary N) is 3. The van der Waals surface area contributed by atoms with Crippen molar-refractivity contribution in [2.45, 2.75) is 13.3 Å². The zero-order chi connectivity index (χ0) is 19.7. The lowest BCUT2D eigenvalue weighted by molar-refractivity contribution is -0.115. The lowest BCUT2D eigenvalue weighted by atomic mass is 10.2. The average molecular weight is 381 g/mol. The molecule has 1 amide bonds. The summed E-state index contributed by atoms with van der Waals surface area (Å²) in [4.78, 5) is 18.6. The van der Waals surface area contributed by atoms with Gasteiger partial charge in [-0.3, -0.25) is 4.79 Å². The van der Waals surface area contributed by atoms with Crippen molar-refractivity contribution in [2.75, 3.05) is 48.1 Å². The molecule has 146 valence electrons. The molecule has 0 radical (unpaired) electrons. The molecule has 1 aliphatic rings. The second kappa shape index (κ2) is 7.26. The first kappa shape index (κ1) is 17.9. The van der Waals surface area contributed by atoms with E-state index in [0.717, 1.165) is 29.5 Å². The highest BCUT2D eigenvalue weighted by atomic mass is 16.5. The fourth-order valence-electron chi connectivity index (χ4n) is 3.15. The Morgan fingerprint density at radius 3 is 2.96 bits per heavy atom. The summed E-state index contributed by atoms with van der Waals surface area (Å²) in [5.74, 6) is 2.08. The first-order chi connectivity index (χ1) is 13.6. The number of likely N-dealkylation sites (N-methyl/N-ethyl adjacent to an activating group) is 1. The Kier molecular flexibility index (Phi) is 4.64. The predicted octanol–water partition coefficient (Wildman–Crippen LogP) is 2.69. The summed E-state index contributed by atoms with van der Waals surface area (Å²) in [6.07, 6.45) is 1.98. The van der Waals surface area contributed by atoms with Crippen LogP contribution in [0.3, 0.4) is 0 Å². The maximum absolute atomic E-state index is 11.8. The van der Waals surface area contributed by atoms with Crippen molar-refractivity contribution in [2.24, 2.45) is 0 Å². The smallest absolute Gasteiger partial charge is 0.224 e. The molecule has 2 aromatic heterocycles. The lowest BCUT2D eigenvalue weighted by Gasteiger charge is -2.29. The third-order valence-electron chi connectivity index (χ3n) is 4.66. The molecule has 3 N–H and O–H groups in total. The van der Waals surface area contributed by atoms with Crippen LogP contribution in [0.25, 0.3) is 5.65 Å². The van der Waals surface area contributed by atoms with Crippen molar-refractivity contribution >= 4 is 40.3 Å². The third-order valence-corrected chi connectivity index (χ3v) is 4.66. The summed E-state index contributed by atoms with van der Waals surface area (Å²) < 4.78 is 7.55. The normalized spacial score (nSPS) is 13.0. The number of para-hydroxylation sites is 1. The van der Waals surface area contributed by atoms with Gasteiger partial charge in [0.2, 0.25) is 5.91 Å². The molecule has 4 rings (SSSR count). The number of hydrogen-bond acceptors (Lipinski definition) is 7. The Morgan fingerprint density at radius 1 is 1.32 bits per heavy atom. The van der Waals surface area contributed by atoms with Crippen LogP contribution >= 0.6 is 0 Å². The second-order valence-corrected chi connectivity index (χ2v) is 6.52. The van der Waals surface area contributed by atoms with Crippen molar-refractivity contribution in [1.29, 1.82) is 0 Å². The predicted molar refractivity (Wildman–Crippen MR) is 110 cm³/mol. The minimum atomic E-state index is -0.0883. The van der Waals surface area contributed by atoms with Crippen molar-refractivity contribution in [3.63, 3.8) is 0 Å². The molecule has 0 aliphatic carbocycles. The fraction of sp³-hybridized carbons (Fsp3) is 0.316. The Labute approximate surface area is 162 Å². The van der Waals surface area contributed by atoms with Gasteiger partial charge in [0.1, 0.15) is 23.9 Å². The van der Waals surface area contributed by atoms with Crippen LogP contribution in [0.5, 0.6) is 5.75 Å². The molecule has 0 bridgehead atoms. The molecule has 0 saturated heterocycles. The van der Waals surface area contributed by atoms with E-state index in [9.17, 15) is 4.79 Å². The fourth-order valence-corrected chi connectivity index (χ4v) is 3.15. The van der Waals surface area contributed by atoms with Crippen molar-refractivity contribution in [1.82, 2.24) is 14.6 Å². The van der Waals surface area contributed by atoms with E-state index in [1.54, 1.807) is 17.6 Å². The molecular formula is C19H23N7O2. The Bertz CT molecular complexity index is 1030. The highest BCUT2D eigenvalue weighted by molar-refractivity contribution is 5.94. The van der Waals surface area contributed by atoms with Crippen LogP contribution in [0.1, 0.15) is 13.3 Å². The summed E-state index contributed by atoms with van der Waals surface area (Å²) in [7, 11) is 3.86. The van der Waals surface area contributed by atoms with Gasteiger partial charge in [0.25, 0.3) is 0 Å². The van der Waals surface area contributed by atoms with Crippen LogP contribution in [0.4, 0.5) is 28.7 Å². The summed E-state index contributed by atoms with van der Waals surface area (Å²) in [6, 6.07) is 7.83. The van der Waals surface area contributed by atoms with Crippen LogP contribution in [-0.4, -0.2) is 47.8 Å². The van der Waals surface area contributed by atoms with Gasteiger partial charge in [0.15, 0.2) is 11.4 Å². The molecule has 3 aromatic rings. The standard InChI is InChI=1S/C19H23N7O2/c1-4-17(27)23-13-11-21-26-16(20-2)10-15(24-19(13)26)22-12-6-5-7-14-18(12)28-9-8-25(14)3/h5-7,10-11,20H,4,8-9H2,1-3H3,(H,22,24)(H,23,27). The maximum atomic E-state index is 11.8. The number of fused-ring (bicyclic) bond motifs is 2. The molecule has 1 aliphatic heterocycles. The first-order valence-electron chi connectivity index (χ1n) is 9.21. The lowest BCUT2D eigenvalue weighted by Crippen LogP contribution is -2.29. The maximum Gasteiger partial charge on any atom is 0.224 e. The van der Waals surface area contributed by atoms with Crippen LogP contribution < -0.4 is 25.6 Å². The Hall–Kier alpha value is -3.49. The molecule has 28 heavy (non-hydrogen) atoms. The van der Waals surface area contributed by atoms with Crippen molar-refractivity contribution in [3.8, 4) is 5.75 Å². The van der Waals surface area contributed by atoms with E-state index in [2.05, 4.69) is 30.9 Å². The SMILES string of the molecule is CCC(=O)Nc1cnn2c(NC)cc(Nc3cccc4c3OCCN4C)nc12. The number of rotatable bonds is 5. The topological polar surface area (TPSA) is 95.8 Å². The number of amides is 1. The number of aromatic nitrogens is 3. The van der Waals surface area contributed by atoms with Gasteiger partial charge in [0, 0.05) is 26.6 Å². The molecule has 9 heteroatoms. The monoisotopic (exact) mass is 381 g/mol. The van der Waals surface area contributed by atoms with Crippen LogP contribution in [0.15, 0.2) is 30.5 Å². The van der Waals surface area contributed by atoms with Gasteiger partial charge in [-0.1, -0.05) is 13.0 Å². The van der Waals surface area contributed by atoms with Gasteiger partial charge in [0.05, 0.1) is 24.1 Å². The van der Waals surface area contributed by atoms with E-state index in [1.807, 2.05) is 38.4 Å². The molecule has 0 unspecified atom stereocenters. The highest BCUT2D eigenvalue weighted by Crippen LogP contribution is 2.39. The number of ether oxygens (including phenoxy) is 1. The summed E-state index contributed by atoms with van der Waals surface area (Å²) in [6.45, 7) is 3.28. The number of nitrogens with zero attached hydrogens (tertiary/aromatic N) is 4. The molecule has 0 spiro atoms. The third kappa shape index (κ3) is 3.15. The van der Waals surface area contributed by atoms with Crippen LogP contribution in [-0.2, 0) is 4.79 Å². The molecule has 0 saturated carbocycles. The number of benzene rings is 1. The summed E-state index contributed by atoms with van der Waals surface area (Å²) >= 11 is 0. The van der Waals surface area contributed by atoms with Crippen LogP contribution in [0.2, 0.25) is 0 Å². The van der Waals surface area contributed by atoms with Gasteiger partial charge < -0.3 is 25.6 Å². The zero-order valence-electron chi connectivity index (χ0n) is 16.1. The van der Waals surface area contributed by atoms with E-state index in [0.29, 0.717) is 30.2 Å². The van der Waals surface area contributed by atoms with Crippen molar-refractivity contribution in [3.05, 3.63) is 30.5 Å². The van der Waals surface area contributed by atoms with E-state index < -0.39 is 0 Å². The van der Waals surface area contributed by atoms with E-state index >= 15 is 0 Å². The molecular weight excluding hydrogens is 358 g/mol. The van der Waals surface area contributed by atoms with Gasteiger partial charge in [-0.05, 0) is 12.1 Å². The quantitative estimate of drug-likeness (QED) is 0.625. The Balaban J connectivity index is 1.74. The average Bonchev–Trinajstić information content (AvgIpc) is 3.10. The molecule has 9 nitrogen and oxygen atoms in total. The first-order valence-corrected chi connectivity index (χ1v) is 9.21. The zero-order valence-corrected chi connectivity index (χ0v) is 16.1. The Morgan fingerprint density at radius 2 is 2.18 bits per heavy atom. The molecule has 0 atom stereocenters. The number of carbonyl (C=O) groups excluding carboxylic acids is 1. The summed E-state index contributed by atoms with van der Waals surface area (Å²) in [5, 5.41) is 13.6. The highest BCUT2D eigenvalue weighted by Gasteiger charge is 2.19. The minimum Gasteiger partial charge on any atom is -0.487 e. The van der Waals surface area contributed by atoms with Crippen LogP contribution in [0, 0.1) is 0 Å². The number of hydrogen-bond donors (Lipinski definition) is 3. The van der Waals surface area contributed by atoms with E-state index in [1.165, 1.54) is 0 Å². The van der Waals surface area contributed by atoms with Crippen molar-refractivity contribution < 1.29 is 9.53 Å².